The molecule has 0 spiro atoms. The Balaban J connectivity index is 1.43. The summed E-state index contributed by atoms with van der Waals surface area (Å²) in [6.07, 6.45) is -2.67. The van der Waals surface area contributed by atoms with Crippen LogP contribution in [0.2, 0.25) is 0 Å². The normalized spacial score (nSPS) is 20.6. The highest BCUT2D eigenvalue weighted by atomic mass is 19.4. The van der Waals surface area contributed by atoms with E-state index in [0.29, 0.717) is 19.4 Å². The second-order valence-corrected chi connectivity index (χ2v) is 8.98. The van der Waals surface area contributed by atoms with Crippen molar-refractivity contribution in [1.29, 1.82) is 0 Å². The molecule has 6 nitrogen and oxygen atoms in total. The molecule has 3 unspecified atom stereocenters. The molecule has 1 heterocycles. The van der Waals surface area contributed by atoms with E-state index in [2.05, 4.69) is 5.32 Å². The molecule has 0 bridgehead atoms. The average Bonchev–Trinajstić information content (AvgIpc) is 3.27. The fourth-order valence-electron chi connectivity index (χ4n) is 4.86. The molecule has 1 fully saturated rings. The van der Waals surface area contributed by atoms with Crippen LogP contribution in [0.5, 0.6) is 0 Å². The number of fused-ring (bicyclic) bond motifs is 1. The molecule has 1 saturated carbocycles. The largest absolute Gasteiger partial charge is 0.452 e. The number of esters is 1. The number of rotatable bonds is 5. The van der Waals surface area contributed by atoms with Crippen molar-refractivity contribution in [2.45, 2.75) is 51.3 Å². The van der Waals surface area contributed by atoms with E-state index in [4.69, 9.17) is 4.74 Å². The van der Waals surface area contributed by atoms with E-state index in [1.807, 2.05) is 24.3 Å². The summed E-state index contributed by atoms with van der Waals surface area (Å²) in [6, 6.07) is 12.3. The number of nitrogens with zero attached hydrogens (tertiary/aromatic N) is 1. The molecule has 2 aliphatic rings. The SMILES string of the molecule is CC(OC(=O)C1CCCCC1C(=O)N1CCc2ccccc21)C(=O)Nc1ccccc1C(F)(F)F. The van der Waals surface area contributed by atoms with Gasteiger partial charge in [0.1, 0.15) is 0 Å². The number of amides is 2. The maximum atomic E-state index is 13.4. The summed E-state index contributed by atoms with van der Waals surface area (Å²) in [5.41, 5.74) is 0.536. The molecule has 1 aliphatic heterocycles. The lowest BCUT2D eigenvalue weighted by Crippen LogP contribution is -2.43. The van der Waals surface area contributed by atoms with Crippen LogP contribution in [0.3, 0.4) is 0 Å². The minimum Gasteiger partial charge on any atom is -0.452 e. The fraction of sp³-hybridized carbons (Fsp3) is 0.423. The molecule has 2 aromatic carbocycles. The van der Waals surface area contributed by atoms with Gasteiger partial charge in [-0.2, -0.15) is 13.2 Å². The van der Waals surface area contributed by atoms with E-state index in [1.165, 1.54) is 19.1 Å². The number of ether oxygens (including phenoxy) is 1. The number of nitrogens with one attached hydrogen (secondary N) is 1. The first-order chi connectivity index (χ1) is 16.7. The highest BCUT2D eigenvalue weighted by Crippen LogP contribution is 2.37. The molecule has 0 saturated heterocycles. The average molecular weight is 489 g/mol. The zero-order valence-corrected chi connectivity index (χ0v) is 19.3. The zero-order valence-electron chi connectivity index (χ0n) is 19.3. The van der Waals surface area contributed by atoms with Gasteiger partial charge >= 0.3 is 12.1 Å². The Hall–Kier alpha value is -3.36. The van der Waals surface area contributed by atoms with Gasteiger partial charge < -0.3 is 15.0 Å². The highest BCUT2D eigenvalue weighted by molar-refractivity contribution is 6.00. The van der Waals surface area contributed by atoms with Crippen LogP contribution in [0, 0.1) is 11.8 Å². The molecular weight excluding hydrogens is 461 g/mol. The van der Waals surface area contributed by atoms with Crippen LogP contribution in [-0.4, -0.2) is 30.4 Å². The molecule has 4 rings (SSSR count). The highest BCUT2D eigenvalue weighted by Gasteiger charge is 2.41. The number of carbonyl (C=O) groups excluding carboxylic acids is 3. The molecule has 0 aromatic heterocycles. The second kappa shape index (κ2) is 10.1. The molecule has 0 radical (unpaired) electrons. The lowest BCUT2D eigenvalue weighted by molar-refractivity contribution is -0.161. The third-order valence-electron chi connectivity index (χ3n) is 6.69. The van der Waals surface area contributed by atoms with Crippen molar-refractivity contribution >= 4 is 29.2 Å². The Labute approximate surface area is 201 Å². The van der Waals surface area contributed by atoms with Crippen LogP contribution in [-0.2, 0) is 31.7 Å². The van der Waals surface area contributed by atoms with Gasteiger partial charge in [0.15, 0.2) is 6.10 Å². The quantitative estimate of drug-likeness (QED) is 0.603. The molecule has 2 amide bonds. The summed E-state index contributed by atoms with van der Waals surface area (Å²) < 4.78 is 45.0. The van der Waals surface area contributed by atoms with Crippen LogP contribution in [0.4, 0.5) is 24.5 Å². The van der Waals surface area contributed by atoms with Gasteiger partial charge in [0, 0.05) is 12.2 Å². The fourth-order valence-corrected chi connectivity index (χ4v) is 4.86. The van der Waals surface area contributed by atoms with Crippen molar-refractivity contribution in [2.75, 3.05) is 16.8 Å². The predicted molar refractivity (Wildman–Crippen MR) is 124 cm³/mol. The Morgan fingerprint density at radius 2 is 1.66 bits per heavy atom. The molecule has 2 aromatic rings. The summed E-state index contributed by atoms with van der Waals surface area (Å²) in [5.74, 6) is -2.96. The molecule has 3 atom stereocenters. The van der Waals surface area contributed by atoms with Crippen LogP contribution < -0.4 is 10.2 Å². The van der Waals surface area contributed by atoms with Gasteiger partial charge in [-0.05, 0) is 49.9 Å². The monoisotopic (exact) mass is 488 g/mol. The van der Waals surface area contributed by atoms with E-state index >= 15 is 0 Å². The third-order valence-corrected chi connectivity index (χ3v) is 6.69. The maximum Gasteiger partial charge on any atom is 0.418 e. The topological polar surface area (TPSA) is 75.7 Å². The number of halogens is 3. The van der Waals surface area contributed by atoms with Crippen molar-refractivity contribution in [3.63, 3.8) is 0 Å². The van der Waals surface area contributed by atoms with Gasteiger partial charge in [0.25, 0.3) is 5.91 Å². The van der Waals surface area contributed by atoms with Crippen molar-refractivity contribution in [3.8, 4) is 0 Å². The summed E-state index contributed by atoms with van der Waals surface area (Å²) >= 11 is 0. The Kier molecular flexibility index (Phi) is 7.14. The second-order valence-electron chi connectivity index (χ2n) is 8.98. The van der Waals surface area contributed by atoms with Crippen molar-refractivity contribution in [1.82, 2.24) is 0 Å². The summed E-state index contributed by atoms with van der Waals surface area (Å²) in [7, 11) is 0. The lowest BCUT2D eigenvalue weighted by Gasteiger charge is -2.32. The molecular formula is C26H27F3N2O4. The van der Waals surface area contributed by atoms with Gasteiger partial charge in [-0.1, -0.05) is 43.2 Å². The number of carbonyl (C=O) groups is 3. The van der Waals surface area contributed by atoms with Crippen molar-refractivity contribution < 1.29 is 32.3 Å². The standard InChI is InChI=1S/C26H27F3N2O4/c1-16(23(32)30-21-12-6-5-11-20(21)26(27,28)29)35-25(34)19-10-4-3-9-18(19)24(33)31-15-14-17-8-2-7-13-22(17)31/h2,5-8,11-13,16,18-19H,3-4,9-10,14-15H2,1H3,(H,30,32). The van der Waals surface area contributed by atoms with Crippen molar-refractivity contribution in [2.24, 2.45) is 11.8 Å². The maximum absolute atomic E-state index is 13.4. The van der Waals surface area contributed by atoms with Crippen LogP contribution in [0.1, 0.15) is 43.7 Å². The van der Waals surface area contributed by atoms with Crippen LogP contribution in [0.25, 0.3) is 0 Å². The first kappa shape index (κ1) is 24.8. The van der Waals surface area contributed by atoms with Gasteiger partial charge in [0.05, 0.1) is 23.1 Å². The summed E-state index contributed by atoms with van der Waals surface area (Å²) in [4.78, 5) is 40.7. The van der Waals surface area contributed by atoms with E-state index in [1.54, 1.807) is 4.90 Å². The molecule has 35 heavy (non-hydrogen) atoms. The zero-order chi connectivity index (χ0) is 25.2. The summed E-state index contributed by atoms with van der Waals surface area (Å²) in [5, 5.41) is 2.20. The van der Waals surface area contributed by atoms with E-state index in [9.17, 15) is 27.6 Å². The first-order valence-corrected chi connectivity index (χ1v) is 11.7. The van der Waals surface area contributed by atoms with Gasteiger partial charge in [-0.3, -0.25) is 14.4 Å². The van der Waals surface area contributed by atoms with Gasteiger partial charge in [0.2, 0.25) is 5.91 Å². The Morgan fingerprint density at radius 1 is 1.00 bits per heavy atom. The summed E-state index contributed by atoms with van der Waals surface area (Å²) in [6.45, 7) is 1.85. The number of hydrogen-bond acceptors (Lipinski definition) is 4. The lowest BCUT2D eigenvalue weighted by atomic mass is 9.78. The first-order valence-electron chi connectivity index (χ1n) is 11.7. The Morgan fingerprint density at radius 3 is 2.40 bits per heavy atom. The molecule has 1 N–H and O–H groups in total. The smallest absolute Gasteiger partial charge is 0.418 e. The van der Waals surface area contributed by atoms with E-state index in [0.717, 1.165) is 42.6 Å². The number of hydrogen-bond donors (Lipinski definition) is 1. The molecule has 1 aliphatic carbocycles. The van der Waals surface area contributed by atoms with Crippen LogP contribution >= 0.6 is 0 Å². The van der Waals surface area contributed by atoms with Gasteiger partial charge in [-0.25, -0.2) is 0 Å². The number of para-hydroxylation sites is 2. The molecule has 9 heteroatoms. The molecule has 186 valence electrons. The van der Waals surface area contributed by atoms with Gasteiger partial charge in [-0.15, -0.1) is 0 Å². The number of benzene rings is 2. The number of anilines is 2. The van der Waals surface area contributed by atoms with E-state index in [-0.39, 0.29) is 5.91 Å². The Bertz CT molecular complexity index is 1120. The number of alkyl halides is 3. The minimum absolute atomic E-state index is 0.132. The van der Waals surface area contributed by atoms with E-state index < -0.39 is 47.2 Å². The minimum atomic E-state index is -4.65. The third kappa shape index (κ3) is 5.33. The predicted octanol–water partition coefficient (Wildman–Crippen LogP) is 4.97. The van der Waals surface area contributed by atoms with Crippen LogP contribution in [0.15, 0.2) is 48.5 Å². The van der Waals surface area contributed by atoms with Crippen molar-refractivity contribution in [3.05, 3.63) is 59.7 Å².